The Bertz CT molecular complexity index is 652. The predicted molar refractivity (Wildman–Crippen MR) is 148 cm³/mol. The van der Waals surface area contributed by atoms with Crippen LogP contribution in [0.2, 0.25) is 98.2 Å². The van der Waals surface area contributed by atoms with E-state index < -0.39 is 65.9 Å². The molecule has 0 aliphatic carbocycles. The van der Waals surface area contributed by atoms with Crippen LogP contribution in [0.15, 0.2) is 0 Å². The van der Waals surface area contributed by atoms with Crippen molar-refractivity contribution in [3.8, 4) is 0 Å². The highest BCUT2D eigenvalue weighted by molar-refractivity contribution is 6.72. The van der Waals surface area contributed by atoms with E-state index >= 15 is 0 Å². The van der Waals surface area contributed by atoms with Crippen LogP contribution in [0.25, 0.3) is 0 Å². The van der Waals surface area contributed by atoms with E-state index in [1.807, 2.05) is 58.9 Å². The molecule has 0 rings (SSSR count). The minimum Gasteiger partial charge on any atom is -0.520 e. The lowest BCUT2D eigenvalue weighted by Crippen LogP contribution is -2.57. The molecular formula is C21H50O7Si5. The Kier molecular flexibility index (Phi) is 11.7. The SMILES string of the molecule is C[Si](C)(C)OC(=O)C[C@@H](O[Si](C)(C)C)[C@H](O[Si](C)(C)C)C(O[Si](C)(C)C)C(=O)O[Si](C)(C)C. The van der Waals surface area contributed by atoms with Crippen molar-refractivity contribution in [2.75, 3.05) is 0 Å². The first kappa shape index (κ1) is 32.9. The predicted octanol–water partition coefficient (Wildman–Crippen LogP) is 5.79. The van der Waals surface area contributed by atoms with Crippen molar-refractivity contribution in [3.05, 3.63) is 0 Å². The quantitative estimate of drug-likeness (QED) is 0.266. The summed E-state index contributed by atoms with van der Waals surface area (Å²) in [4.78, 5) is 26.3. The van der Waals surface area contributed by atoms with E-state index in [2.05, 4.69) is 39.3 Å². The molecule has 0 aromatic carbocycles. The first-order chi connectivity index (χ1) is 14.3. The average Bonchev–Trinajstić information content (AvgIpc) is 2.42. The molecule has 3 atom stereocenters. The van der Waals surface area contributed by atoms with E-state index in [-0.39, 0.29) is 12.4 Å². The summed E-state index contributed by atoms with van der Waals surface area (Å²) in [6.07, 6.45) is -2.37. The maximum atomic E-state index is 13.4. The molecule has 196 valence electrons. The molecule has 7 nitrogen and oxygen atoms in total. The smallest absolute Gasteiger partial charge is 0.323 e. The Balaban J connectivity index is 6.48. The van der Waals surface area contributed by atoms with Crippen molar-refractivity contribution in [2.45, 2.75) is 123 Å². The highest BCUT2D eigenvalue weighted by atomic mass is 28.4. The molecule has 12 heteroatoms. The summed E-state index contributed by atoms with van der Waals surface area (Å²) in [5.41, 5.74) is 0. The molecule has 0 aliphatic heterocycles. The van der Waals surface area contributed by atoms with Crippen molar-refractivity contribution in [3.63, 3.8) is 0 Å². The van der Waals surface area contributed by atoms with Gasteiger partial charge in [-0.2, -0.15) is 0 Å². The molecule has 0 aromatic heterocycles. The molecule has 0 amide bonds. The van der Waals surface area contributed by atoms with Gasteiger partial charge in [-0.1, -0.05) is 0 Å². The second-order valence-electron chi connectivity index (χ2n) is 13.4. The van der Waals surface area contributed by atoms with Gasteiger partial charge >= 0.3 is 5.97 Å². The number of carbonyl (C=O) groups is 2. The van der Waals surface area contributed by atoms with Crippen molar-refractivity contribution < 1.29 is 31.7 Å². The van der Waals surface area contributed by atoms with Crippen LogP contribution in [0, 0.1) is 0 Å². The van der Waals surface area contributed by atoms with Gasteiger partial charge in [0, 0.05) is 0 Å². The van der Waals surface area contributed by atoms with Gasteiger partial charge < -0.3 is 22.1 Å². The molecule has 0 radical (unpaired) electrons. The molecular weight excluding hydrogens is 505 g/mol. The second kappa shape index (κ2) is 11.8. The van der Waals surface area contributed by atoms with E-state index in [0.717, 1.165) is 0 Å². The van der Waals surface area contributed by atoms with Crippen LogP contribution < -0.4 is 0 Å². The Morgan fingerprint density at radius 3 is 1.27 bits per heavy atom. The van der Waals surface area contributed by atoms with Crippen molar-refractivity contribution in [2.24, 2.45) is 0 Å². The summed E-state index contributed by atoms with van der Waals surface area (Å²) in [6.45, 7) is 30.2. The fraction of sp³-hybridized carbons (Fsp3) is 0.905. The summed E-state index contributed by atoms with van der Waals surface area (Å²) in [7, 11) is -10.7. The summed E-state index contributed by atoms with van der Waals surface area (Å²) in [5, 5.41) is 0. The first-order valence-electron chi connectivity index (χ1n) is 11.8. The standard InChI is InChI=1S/C21H50O7Si5/c1-29(2,3)24-17(16-18(22)25-30(4,5)6)19(26-31(7,8)9)20(27-32(10,11)12)21(23)28-33(13,14)15/h17,19-20H,16H2,1-15H3/t17-,19+,20?/m1/s1. The van der Waals surface area contributed by atoms with Gasteiger partial charge in [-0.15, -0.1) is 0 Å². The summed E-state index contributed by atoms with van der Waals surface area (Å²) in [6, 6.07) is 0. The van der Waals surface area contributed by atoms with Gasteiger partial charge in [-0.25, -0.2) is 0 Å². The molecule has 0 saturated carbocycles. The van der Waals surface area contributed by atoms with Gasteiger partial charge in [0.1, 0.15) is 6.10 Å². The minimum absolute atomic E-state index is 0.00940. The molecule has 0 spiro atoms. The highest BCUT2D eigenvalue weighted by Crippen LogP contribution is 2.27. The van der Waals surface area contributed by atoms with Gasteiger partial charge in [0.25, 0.3) is 5.97 Å². The van der Waals surface area contributed by atoms with Crippen LogP contribution in [0.5, 0.6) is 0 Å². The van der Waals surface area contributed by atoms with Crippen molar-refractivity contribution in [1.82, 2.24) is 0 Å². The monoisotopic (exact) mass is 554 g/mol. The lowest BCUT2D eigenvalue weighted by atomic mass is 10.1. The van der Waals surface area contributed by atoms with E-state index in [1.165, 1.54) is 0 Å². The Morgan fingerprint density at radius 1 is 0.545 bits per heavy atom. The third-order valence-electron chi connectivity index (χ3n) is 3.57. The molecule has 33 heavy (non-hydrogen) atoms. The Hall–Kier alpha value is -0.0956. The van der Waals surface area contributed by atoms with E-state index in [9.17, 15) is 9.59 Å². The van der Waals surface area contributed by atoms with Crippen LogP contribution in [-0.4, -0.2) is 71.8 Å². The van der Waals surface area contributed by atoms with Gasteiger partial charge in [-0.05, 0) is 98.2 Å². The molecule has 0 aromatic rings. The summed E-state index contributed by atoms with van der Waals surface area (Å²) >= 11 is 0. The largest absolute Gasteiger partial charge is 0.520 e. The van der Waals surface area contributed by atoms with Crippen LogP contribution in [-0.2, 0) is 31.7 Å². The maximum Gasteiger partial charge on any atom is 0.323 e. The Labute approximate surface area is 207 Å². The minimum atomic E-state index is -2.18. The number of hydrogen-bond acceptors (Lipinski definition) is 7. The lowest BCUT2D eigenvalue weighted by molar-refractivity contribution is -0.155. The highest BCUT2D eigenvalue weighted by Gasteiger charge is 2.45. The second-order valence-corrected chi connectivity index (χ2v) is 35.7. The fourth-order valence-corrected chi connectivity index (χ4v) is 7.65. The van der Waals surface area contributed by atoms with Gasteiger partial charge in [0.15, 0.2) is 31.1 Å². The van der Waals surface area contributed by atoms with Gasteiger partial charge in [0.05, 0.1) is 12.5 Å². The number of carbonyl (C=O) groups excluding carboxylic acids is 2. The maximum absolute atomic E-state index is 13.4. The molecule has 1 unspecified atom stereocenters. The fourth-order valence-electron chi connectivity index (χ4n) is 2.96. The molecule has 0 fully saturated rings. The topological polar surface area (TPSA) is 80.3 Å². The molecule has 0 aliphatic rings. The Morgan fingerprint density at radius 2 is 0.939 bits per heavy atom. The summed E-state index contributed by atoms with van der Waals surface area (Å²) in [5.74, 6) is -0.755. The lowest BCUT2D eigenvalue weighted by Gasteiger charge is -2.41. The van der Waals surface area contributed by atoms with Gasteiger partial charge in [0.2, 0.25) is 16.6 Å². The summed E-state index contributed by atoms with van der Waals surface area (Å²) < 4.78 is 31.1. The molecule has 0 bridgehead atoms. The van der Waals surface area contributed by atoms with Crippen LogP contribution in [0.3, 0.4) is 0 Å². The molecule has 0 N–H and O–H groups in total. The van der Waals surface area contributed by atoms with Crippen molar-refractivity contribution >= 4 is 53.5 Å². The van der Waals surface area contributed by atoms with Crippen LogP contribution >= 0.6 is 0 Å². The van der Waals surface area contributed by atoms with Gasteiger partial charge in [-0.3, -0.25) is 9.59 Å². The zero-order valence-electron chi connectivity index (χ0n) is 23.8. The number of hydrogen-bond donors (Lipinski definition) is 0. The average molecular weight is 555 g/mol. The molecule has 0 heterocycles. The third kappa shape index (κ3) is 17.1. The zero-order chi connectivity index (χ0) is 26.6. The number of rotatable bonds is 13. The van der Waals surface area contributed by atoms with E-state index in [4.69, 9.17) is 22.1 Å². The van der Waals surface area contributed by atoms with Crippen LogP contribution in [0.4, 0.5) is 0 Å². The first-order valence-corrected chi connectivity index (χ1v) is 28.8. The third-order valence-corrected chi connectivity index (χ3v) is 8.17. The van der Waals surface area contributed by atoms with Crippen LogP contribution in [0.1, 0.15) is 6.42 Å². The van der Waals surface area contributed by atoms with E-state index in [0.29, 0.717) is 0 Å². The van der Waals surface area contributed by atoms with Crippen molar-refractivity contribution in [1.29, 1.82) is 0 Å². The normalized spacial score (nSPS) is 16.7. The zero-order valence-corrected chi connectivity index (χ0v) is 28.8. The van der Waals surface area contributed by atoms with E-state index in [1.54, 1.807) is 0 Å². The molecule has 0 saturated heterocycles.